The second-order valence-electron chi connectivity index (χ2n) is 10.4. The third-order valence-electron chi connectivity index (χ3n) is 6.78. The van der Waals surface area contributed by atoms with Crippen molar-refractivity contribution in [1.82, 2.24) is 15.1 Å². The molecule has 1 aromatic heterocycles. The predicted octanol–water partition coefficient (Wildman–Crippen LogP) is 4.45. The second kappa shape index (κ2) is 12.1. The minimum Gasteiger partial charge on any atom is -0.476 e. The van der Waals surface area contributed by atoms with Gasteiger partial charge in [-0.25, -0.2) is 5.09 Å². The molecule has 1 saturated heterocycles. The van der Waals surface area contributed by atoms with E-state index in [1.54, 1.807) is 24.3 Å². The van der Waals surface area contributed by atoms with Gasteiger partial charge in [-0.1, -0.05) is 18.5 Å². The van der Waals surface area contributed by atoms with E-state index in [4.69, 9.17) is 40.6 Å². The molecule has 2 aliphatic heterocycles. The quantitative estimate of drug-likeness (QED) is 0.236. The Kier molecular flexibility index (Phi) is 8.72. The molecule has 0 radical (unpaired) electrons. The molecular weight excluding hydrogens is 559 g/mol. The summed E-state index contributed by atoms with van der Waals surface area (Å²) in [6.45, 7) is 8.91. The van der Waals surface area contributed by atoms with Crippen molar-refractivity contribution in [3.8, 4) is 11.6 Å². The summed E-state index contributed by atoms with van der Waals surface area (Å²) in [5.74, 6) is 1.69. The summed E-state index contributed by atoms with van der Waals surface area (Å²) >= 11 is 6.04. The Hall–Kier alpha value is -2.63. The van der Waals surface area contributed by atoms with Crippen molar-refractivity contribution in [2.24, 2.45) is 5.92 Å². The van der Waals surface area contributed by atoms with Gasteiger partial charge in [0.2, 0.25) is 11.8 Å². The zero-order chi connectivity index (χ0) is 28.4. The van der Waals surface area contributed by atoms with Crippen molar-refractivity contribution in [3.05, 3.63) is 29.3 Å². The SMILES string of the molecule is CCOc1nc(N)nc2c1NCN2C1OC(COP(NC2(C(=O)OC(C)C)CC2)Oc2ccc(Cl)cc2)CC1C. The maximum Gasteiger partial charge on any atom is 0.327 e. The number of nitrogens with two attached hydrogens (primary N) is 1. The number of nitrogen functional groups attached to an aromatic ring is 1. The lowest BCUT2D eigenvalue weighted by atomic mass is 10.1. The van der Waals surface area contributed by atoms with E-state index in [0.29, 0.717) is 54.3 Å². The fraction of sp³-hybridized carbons (Fsp3) is 0.577. The molecule has 14 heteroatoms. The first-order valence-electron chi connectivity index (χ1n) is 13.5. The van der Waals surface area contributed by atoms with Crippen molar-refractivity contribution in [2.45, 2.75) is 70.9 Å². The molecule has 4 atom stereocenters. The standard InChI is InChI=1S/C26H36ClN6O6P/c1-5-35-22-20-21(30-25(28)31-22)33(14-29-20)23-16(4)12-19(38-23)13-36-40(39-18-8-6-17(27)7-9-18)32-26(10-11-26)24(34)37-15(2)3/h6-9,15-16,19,23,29,32H,5,10-14H2,1-4H3,(H2,28,30,31). The van der Waals surface area contributed by atoms with Crippen LogP contribution in [0.1, 0.15) is 47.0 Å². The Morgan fingerprint density at radius 2 is 2.08 bits per heavy atom. The molecule has 3 heterocycles. The number of hydrogen-bond donors (Lipinski definition) is 3. The van der Waals surface area contributed by atoms with Gasteiger partial charge in [-0.2, -0.15) is 9.97 Å². The van der Waals surface area contributed by atoms with Crippen LogP contribution in [0, 0.1) is 5.92 Å². The van der Waals surface area contributed by atoms with Gasteiger partial charge >= 0.3 is 14.5 Å². The highest BCUT2D eigenvalue weighted by Gasteiger charge is 2.54. The zero-order valence-electron chi connectivity index (χ0n) is 23.1. The Morgan fingerprint density at radius 1 is 1.32 bits per heavy atom. The number of halogens is 1. The lowest BCUT2D eigenvalue weighted by Gasteiger charge is -2.28. The number of hydrogen-bond acceptors (Lipinski definition) is 12. The summed E-state index contributed by atoms with van der Waals surface area (Å²) in [4.78, 5) is 23.5. The molecular formula is C26H36ClN6O6P. The van der Waals surface area contributed by atoms with Crippen molar-refractivity contribution in [3.63, 3.8) is 0 Å². The summed E-state index contributed by atoms with van der Waals surface area (Å²) < 4.78 is 30.0. The topological polar surface area (TPSA) is 142 Å². The molecule has 2 fully saturated rings. The maximum absolute atomic E-state index is 12.8. The molecule has 1 aliphatic carbocycles. The fourth-order valence-corrected chi connectivity index (χ4v) is 6.28. The van der Waals surface area contributed by atoms with Crippen LogP contribution in [0.15, 0.2) is 24.3 Å². The van der Waals surface area contributed by atoms with E-state index in [9.17, 15) is 4.79 Å². The summed E-state index contributed by atoms with van der Waals surface area (Å²) in [5.41, 5.74) is 5.86. The van der Waals surface area contributed by atoms with Gasteiger partial charge in [-0.05, 0) is 64.3 Å². The maximum atomic E-state index is 12.8. The van der Waals surface area contributed by atoms with Gasteiger partial charge in [0.05, 0.1) is 32.1 Å². The van der Waals surface area contributed by atoms with Crippen molar-refractivity contribution < 1.29 is 28.1 Å². The third-order valence-corrected chi connectivity index (χ3v) is 8.41. The van der Waals surface area contributed by atoms with Gasteiger partial charge < -0.3 is 39.2 Å². The summed E-state index contributed by atoms with van der Waals surface area (Å²) in [5, 5.41) is 7.21. The Balaban J connectivity index is 1.25. The minimum absolute atomic E-state index is 0.141. The van der Waals surface area contributed by atoms with Crippen molar-refractivity contribution in [1.29, 1.82) is 0 Å². The molecule has 4 unspecified atom stereocenters. The zero-order valence-corrected chi connectivity index (χ0v) is 24.7. The molecule has 2 aromatic rings. The van der Waals surface area contributed by atoms with Crippen LogP contribution >= 0.6 is 20.1 Å². The van der Waals surface area contributed by atoms with E-state index in [0.717, 1.165) is 6.42 Å². The number of anilines is 3. The highest BCUT2D eigenvalue weighted by molar-refractivity contribution is 7.45. The number of nitrogens with zero attached hydrogens (tertiary/aromatic N) is 3. The molecule has 0 amide bonds. The van der Waals surface area contributed by atoms with E-state index in [-0.39, 0.29) is 42.9 Å². The second-order valence-corrected chi connectivity index (χ2v) is 12.0. The largest absolute Gasteiger partial charge is 0.476 e. The monoisotopic (exact) mass is 594 g/mol. The molecule has 4 N–H and O–H groups in total. The van der Waals surface area contributed by atoms with E-state index >= 15 is 0 Å². The molecule has 0 bridgehead atoms. The summed E-state index contributed by atoms with van der Waals surface area (Å²) in [6, 6.07) is 7.01. The fourth-order valence-electron chi connectivity index (χ4n) is 4.72. The average Bonchev–Trinajstić information content (AvgIpc) is 3.42. The summed E-state index contributed by atoms with van der Waals surface area (Å²) in [6.07, 6.45) is 1.41. The van der Waals surface area contributed by atoms with Gasteiger partial charge in [-0.3, -0.25) is 4.79 Å². The van der Waals surface area contributed by atoms with Crippen LogP contribution < -0.4 is 30.3 Å². The molecule has 218 valence electrons. The number of esters is 1. The lowest BCUT2D eigenvalue weighted by molar-refractivity contribution is -0.150. The van der Waals surface area contributed by atoms with Crippen LogP contribution in [0.3, 0.4) is 0 Å². The van der Waals surface area contributed by atoms with Gasteiger partial charge in [0.25, 0.3) is 0 Å². The van der Waals surface area contributed by atoms with E-state index in [2.05, 4.69) is 27.3 Å². The van der Waals surface area contributed by atoms with Crippen molar-refractivity contribution in [2.75, 3.05) is 35.8 Å². The Morgan fingerprint density at radius 3 is 2.75 bits per heavy atom. The van der Waals surface area contributed by atoms with E-state index in [1.165, 1.54) is 0 Å². The third kappa shape index (κ3) is 6.47. The van der Waals surface area contributed by atoms with Gasteiger partial charge in [0.1, 0.15) is 23.2 Å². The first-order valence-corrected chi connectivity index (χ1v) is 15.0. The Bertz CT molecular complexity index is 1200. The van der Waals surface area contributed by atoms with Crippen LogP contribution in [-0.4, -0.2) is 59.8 Å². The molecule has 3 aliphatic rings. The first kappa shape index (κ1) is 28.9. The minimum atomic E-state index is -1.69. The van der Waals surface area contributed by atoms with Crippen LogP contribution in [0.25, 0.3) is 0 Å². The molecule has 1 saturated carbocycles. The van der Waals surface area contributed by atoms with Gasteiger partial charge in [0, 0.05) is 10.9 Å². The highest BCUT2D eigenvalue weighted by Crippen LogP contribution is 2.48. The number of rotatable bonds is 12. The molecule has 0 spiro atoms. The first-order chi connectivity index (χ1) is 19.2. The van der Waals surface area contributed by atoms with Crippen LogP contribution in [0.5, 0.6) is 11.6 Å². The number of ether oxygens (including phenoxy) is 3. The van der Waals surface area contributed by atoms with E-state index in [1.807, 2.05) is 25.7 Å². The van der Waals surface area contributed by atoms with Gasteiger partial charge in [-0.15, -0.1) is 0 Å². The van der Waals surface area contributed by atoms with Crippen LogP contribution in [-0.2, 0) is 18.8 Å². The number of nitrogens with one attached hydrogen (secondary N) is 2. The van der Waals surface area contributed by atoms with Crippen LogP contribution in [0.4, 0.5) is 17.5 Å². The van der Waals surface area contributed by atoms with E-state index < -0.39 is 14.1 Å². The number of benzene rings is 1. The molecule has 40 heavy (non-hydrogen) atoms. The smallest absolute Gasteiger partial charge is 0.327 e. The normalized spacial score (nSPS) is 23.4. The Labute approximate surface area is 240 Å². The lowest BCUT2D eigenvalue weighted by Crippen LogP contribution is -2.40. The molecule has 5 rings (SSSR count). The number of aromatic nitrogens is 2. The number of carbonyl (C=O) groups is 1. The van der Waals surface area contributed by atoms with Crippen molar-refractivity contribution >= 4 is 43.6 Å². The highest BCUT2D eigenvalue weighted by atomic mass is 35.5. The van der Waals surface area contributed by atoms with Crippen LogP contribution in [0.2, 0.25) is 5.02 Å². The van der Waals surface area contributed by atoms with Gasteiger partial charge in [0.15, 0.2) is 5.82 Å². The average molecular weight is 595 g/mol. The summed E-state index contributed by atoms with van der Waals surface area (Å²) in [7, 11) is -1.69. The molecule has 1 aromatic carbocycles. The number of carbonyl (C=O) groups excluding carboxylic acids is 1. The predicted molar refractivity (Wildman–Crippen MR) is 152 cm³/mol. The molecule has 12 nitrogen and oxygen atoms in total. The number of fused-ring (bicyclic) bond motifs is 1.